The highest BCUT2D eigenvalue weighted by Crippen LogP contribution is 2.24. The first-order chi connectivity index (χ1) is 13.8. The van der Waals surface area contributed by atoms with E-state index in [0.29, 0.717) is 24.6 Å². The second-order valence-corrected chi connectivity index (χ2v) is 6.22. The predicted octanol–water partition coefficient (Wildman–Crippen LogP) is 4.28. The lowest BCUT2D eigenvalue weighted by atomic mass is 9.99. The molecule has 2 heterocycles. The summed E-state index contributed by atoms with van der Waals surface area (Å²) in [7, 11) is 0. The van der Waals surface area contributed by atoms with Gasteiger partial charge in [-0.2, -0.15) is 19.9 Å². The van der Waals surface area contributed by atoms with Crippen molar-refractivity contribution in [2.75, 3.05) is 11.9 Å². The van der Waals surface area contributed by atoms with E-state index >= 15 is 0 Å². The molecule has 0 radical (unpaired) electrons. The molecule has 6 heteroatoms. The zero-order chi connectivity index (χ0) is 19.3. The first-order valence-corrected chi connectivity index (χ1v) is 9.08. The Morgan fingerprint density at radius 2 is 1.93 bits per heavy atom. The largest absolute Gasteiger partial charge is 0.478 e. The molecule has 0 aliphatic heterocycles. The van der Waals surface area contributed by atoms with Gasteiger partial charge in [0.1, 0.15) is 5.82 Å². The van der Waals surface area contributed by atoms with Gasteiger partial charge in [0.2, 0.25) is 5.88 Å². The maximum absolute atomic E-state index is 9.29. The fraction of sp³-hybridized carbons (Fsp3) is 0.136. The third-order valence-electron chi connectivity index (χ3n) is 4.41. The summed E-state index contributed by atoms with van der Waals surface area (Å²) in [4.78, 5) is 4.41. The van der Waals surface area contributed by atoms with E-state index in [1.807, 2.05) is 55.5 Å². The maximum atomic E-state index is 9.29. The first-order valence-electron chi connectivity index (χ1n) is 9.08. The Morgan fingerprint density at radius 1 is 1.11 bits per heavy atom. The average Bonchev–Trinajstić information content (AvgIpc) is 3.21. The lowest BCUT2D eigenvalue weighted by molar-refractivity contribution is 0.327. The molecule has 0 saturated carbocycles. The number of nitriles is 1. The molecule has 28 heavy (non-hydrogen) atoms. The van der Waals surface area contributed by atoms with Crippen LogP contribution in [0.15, 0.2) is 66.9 Å². The van der Waals surface area contributed by atoms with Crippen LogP contribution < -0.4 is 10.1 Å². The second kappa shape index (κ2) is 7.80. The quantitative estimate of drug-likeness (QED) is 0.549. The summed E-state index contributed by atoms with van der Waals surface area (Å²) in [6, 6.07) is 21.7. The highest BCUT2D eigenvalue weighted by molar-refractivity contribution is 5.70. The smallest absolute Gasteiger partial charge is 0.219 e. The van der Waals surface area contributed by atoms with Crippen molar-refractivity contribution in [2.45, 2.75) is 13.5 Å². The van der Waals surface area contributed by atoms with Crippen LogP contribution in [0.25, 0.3) is 16.8 Å². The molecule has 0 amide bonds. The second-order valence-electron chi connectivity index (χ2n) is 6.22. The molecule has 138 valence electrons. The molecule has 0 atom stereocenters. The highest BCUT2D eigenvalue weighted by Gasteiger charge is 2.08. The van der Waals surface area contributed by atoms with Crippen molar-refractivity contribution < 1.29 is 4.74 Å². The number of hydrogen-bond donors (Lipinski definition) is 1. The zero-order valence-corrected chi connectivity index (χ0v) is 15.5. The molecular weight excluding hydrogens is 350 g/mol. The van der Waals surface area contributed by atoms with Crippen LogP contribution in [0.3, 0.4) is 0 Å². The first kappa shape index (κ1) is 17.6. The number of nitrogens with one attached hydrogen (secondary N) is 1. The molecule has 4 aromatic rings. The molecule has 6 nitrogen and oxygen atoms in total. The van der Waals surface area contributed by atoms with Crippen LogP contribution >= 0.6 is 0 Å². The van der Waals surface area contributed by atoms with Crippen LogP contribution in [0.5, 0.6) is 5.88 Å². The summed E-state index contributed by atoms with van der Waals surface area (Å²) >= 11 is 0. The molecule has 0 fully saturated rings. The zero-order valence-electron chi connectivity index (χ0n) is 15.5. The summed E-state index contributed by atoms with van der Waals surface area (Å²) in [5.41, 5.74) is 4.50. The Hall–Kier alpha value is -3.85. The van der Waals surface area contributed by atoms with Crippen molar-refractivity contribution >= 4 is 11.5 Å². The predicted molar refractivity (Wildman–Crippen MR) is 108 cm³/mol. The van der Waals surface area contributed by atoms with Gasteiger partial charge in [-0.05, 0) is 29.7 Å². The number of nitrogens with zero attached hydrogens (tertiary/aromatic N) is 4. The number of fused-ring (bicyclic) bond motifs is 1. The summed E-state index contributed by atoms with van der Waals surface area (Å²) in [5.74, 6) is 1.39. The van der Waals surface area contributed by atoms with Crippen molar-refractivity contribution in [3.63, 3.8) is 0 Å². The van der Waals surface area contributed by atoms with Gasteiger partial charge in [0.05, 0.1) is 24.4 Å². The van der Waals surface area contributed by atoms with Crippen LogP contribution in [-0.2, 0) is 6.54 Å². The standard InChI is InChI=1S/C22H19N5O/c1-2-28-22-13-21(27-20(26-22)11-12-25-27)24-15-16-7-9-17(10-8-16)19-6-4-3-5-18(19)14-23/h3-13,24H,2,15H2,1H3. The Bertz CT molecular complexity index is 1140. The molecule has 2 aromatic heterocycles. The Kier molecular flexibility index (Phi) is 4.89. The monoisotopic (exact) mass is 369 g/mol. The third-order valence-corrected chi connectivity index (χ3v) is 4.41. The molecule has 0 unspecified atom stereocenters. The summed E-state index contributed by atoms with van der Waals surface area (Å²) in [5, 5.41) is 17.0. The molecule has 0 saturated heterocycles. The van der Waals surface area contributed by atoms with Gasteiger partial charge in [0.15, 0.2) is 5.65 Å². The number of aromatic nitrogens is 3. The van der Waals surface area contributed by atoms with E-state index in [1.165, 1.54) is 0 Å². The summed E-state index contributed by atoms with van der Waals surface area (Å²) in [6.45, 7) is 3.12. The fourth-order valence-electron chi connectivity index (χ4n) is 3.06. The van der Waals surface area contributed by atoms with Gasteiger partial charge < -0.3 is 10.1 Å². The van der Waals surface area contributed by atoms with Crippen LogP contribution in [0.4, 0.5) is 5.82 Å². The molecule has 0 bridgehead atoms. The normalized spacial score (nSPS) is 10.6. The number of anilines is 1. The molecule has 2 aromatic carbocycles. The van der Waals surface area contributed by atoms with Gasteiger partial charge in [0, 0.05) is 18.7 Å². The van der Waals surface area contributed by atoms with Gasteiger partial charge in [0.25, 0.3) is 0 Å². The van der Waals surface area contributed by atoms with Crippen molar-refractivity contribution in [3.05, 3.63) is 78.0 Å². The van der Waals surface area contributed by atoms with E-state index in [-0.39, 0.29) is 0 Å². The van der Waals surface area contributed by atoms with Crippen molar-refractivity contribution in [3.8, 4) is 23.1 Å². The van der Waals surface area contributed by atoms with Gasteiger partial charge in [-0.15, -0.1) is 0 Å². The SMILES string of the molecule is CCOc1cc(NCc2ccc(-c3ccccc3C#N)cc2)n2nccc2n1. The number of ether oxygens (including phenoxy) is 1. The molecule has 0 aliphatic rings. The molecule has 4 rings (SSSR count). The minimum atomic E-state index is 0.558. The Morgan fingerprint density at radius 3 is 2.71 bits per heavy atom. The van der Waals surface area contributed by atoms with E-state index in [9.17, 15) is 5.26 Å². The molecule has 0 spiro atoms. The van der Waals surface area contributed by atoms with Crippen molar-refractivity contribution in [2.24, 2.45) is 0 Å². The third kappa shape index (κ3) is 3.51. The topological polar surface area (TPSA) is 75.2 Å². The van der Waals surface area contributed by atoms with Crippen LogP contribution in [-0.4, -0.2) is 21.2 Å². The van der Waals surface area contributed by atoms with E-state index in [0.717, 1.165) is 28.2 Å². The van der Waals surface area contributed by atoms with E-state index in [1.54, 1.807) is 10.7 Å². The van der Waals surface area contributed by atoms with Crippen molar-refractivity contribution in [1.29, 1.82) is 5.26 Å². The minimum absolute atomic E-state index is 0.558. The van der Waals surface area contributed by atoms with Gasteiger partial charge in [-0.1, -0.05) is 42.5 Å². The number of rotatable bonds is 6. The van der Waals surface area contributed by atoms with Crippen LogP contribution in [0.1, 0.15) is 18.1 Å². The minimum Gasteiger partial charge on any atom is -0.478 e. The molecule has 1 N–H and O–H groups in total. The van der Waals surface area contributed by atoms with Gasteiger partial charge >= 0.3 is 0 Å². The summed E-state index contributed by atoms with van der Waals surface area (Å²) < 4.78 is 7.29. The average molecular weight is 369 g/mol. The van der Waals surface area contributed by atoms with Gasteiger partial charge in [-0.3, -0.25) is 0 Å². The fourth-order valence-corrected chi connectivity index (χ4v) is 3.06. The maximum Gasteiger partial charge on any atom is 0.219 e. The van der Waals surface area contributed by atoms with Gasteiger partial charge in [-0.25, -0.2) is 0 Å². The Labute approximate surface area is 163 Å². The number of hydrogen-bond acceptors (Lipinski definition) is 5. The van der Waals surface area contributed by atoms with E-state index < -0.39 is 0 Å². The van der Waals surface area contributed by atoms with E-state index in [2.05, 4.69) is 33.6 Å². The highest BCUT2D eigenvalue weighted by atomic mass is 16.5. The summed E-state index contributed by atoms with van der Waals surface area (Å²) in [6.07, 6.45) is 1.71. The lowest BCUT2D eigenvalue weighted by Crippen LogP contribution is -2.07. The van der Waals surface area contributed by atoms with E-state index in [4.69, 9.17) is 4.74 Å². The lowest BCUT2D eigenvalue weighted by Gasteiger charge is -2.11. The van der Waals surface area contributed by atoms with Crippen LogP contribution in [0.2, 0.25) is 0 Å². The molecule has 0 aliphatic carbocycles. The Balaban J connectivity index is 1.54. The number of benzene rings is 2. The van der Waals surface area contributed by atoms with Crippen LogP contribution in [0, 0.1) is 11.3 Å². The molecular formula is C22H19N5O. The van der Waals surface area contributed by atoms with Crippen molar-refractivity contribution in [1.82, 2.24) is 14.6 Å².